The molecule has 0 spiro atoms. The molecule has 0 aliphatic carbocycles. The second kappa shape index (κ2) is 5.97. The van der Waals surface area contributed by atoms with E-state index in [1.54, 1.807) is 0 Å². The lowest BCUT2D eigenvalue weighted by Crippen LogP contribution is -2.06. The van der Waals surface area contributed by atoms with Crippen molar-refractivity contribution in [1.82, 2.24) is 9.78 Å². The number of benzene rings is 1. The molecular weight excluding hydrogens is 334 g/mol. The Morgan fingerprint density at radius 3 is 2.76 bits per heavy atom. The van der Waals surface area contributed by atoms with Crippen molar-refractivity contribution >= 4 is 21.6 Å². The number of hydrogen-bond acceptors (Lipinski definition) is 4. The number of rotatable bonds is 3. The Morgan fingerprint density at radius 2 is 2.05 bits per heavy atom. The van der Waals surface area contributed by atoms with Crippen LogP contribution in [0.3, 0.4) is 0 Å². The summed E-state index contributed by atoms with van der Waals surface area (Å²) in [5.74, 6) is 1.62. The normalized spacial score (nSPS) is 13.9. The fraction of sp³-hybridized carbons (Fsp3) is 0.400. The Bertz CT molecular complexity index is 655. The summed E-state index contributed by atoms with van der Waals surface area (Å²) < 4.78 is 14.3. The van der Waals surface area contributed by atoms with Gasteiger partial charge in [0, 0.05) is 25.2 Å². The van der Waals surface area contributed by atoms with Crippen LogP contribution in [0.4, 0.5) is 5.69 Å². The Kier molecular flexibility index (Phi) is 4.05. The van der Waals surface area contributed by atoms with E-state index in [0.29, 0.717) is 19.8 Å². The highest BCUT2D eigenvalue weighted by molar-refractivity contribution is 9.10. The number of halogens is 1. The Hall–Kier alpha value is -1.69. The second-order valence-electron chi connectivity index (χ2n) is 5.04. The number of hydrogen-bond donors (Lipinski definition) is 1. The maximum absolute atomic E-state index is 5.70. The van der Waals surface area contributed by atoms with Crippen molar-refractivity contribution in [3.8, 4) is 11.5 Å². The average Bonchev–Trinajstić information content (AvgIpc) is 2.66. The topological polar surface area (TPSA) is 48.3 Å². The standard InChI is InChI=1S/C15H18BrN3O2/c1-10-15(16)12(19(2)18-10)9-17-11-4-5-13-14(8-11)21-7-3-6-20-13/h4-5,8,17H,3,6-7,9H2,1-2H3. The third-order valence-electron chi connectivity index (χ3n) is 3.47. The van der Waals surface area contributed by atoms with Crippen molar-refractivity contribution in [3.63, 3.8) is 0 Å². The first kappa shape index (κ1) is 14.3. The molecule has 2 aromatic rings. The van der Waals surface area contributed by atoms with E-state index in [9.17, 15) is 0 Å². The van der Waals surface area contributed by atoms with E-state index in [2.05, 4.69) is 26.3 Å². The minimum Gasteiger partial charge on any atom is -0.490 e. The van der Waals surface area contributed by atoms with E-state index in [4.69, 9.17) is 9.47 Å². The lowest BCUT2D eigenvalue weighted by atomic mass is 10.2. The van der Waals surface area contributed by atoms with Gasteiger partial charge in [0.15, 0.2) is 11.5 Å². The molecule has 0 unspecified atom stereocenters. The van der Waals surface area contributed by atoms with Crippen LogP contribution in [0.5, 0.6) is 11.5 Å². The van der Waals surface area contributed by atoms with Gasteiger partial charge in [0.2, 0.25) is 0 Å². The fourth-order valence-electron chi connectivity index (χ4n) is 2.33. The number of aryl methyl sites for hydroxylation is 2. The van der Waals surface area contributed by atoms with Crippen molar-refractivity contribution < 1.29 is 9.47 Å². The highest BCUT2D eigenvalue weighted by atomic mass is 79.9. The van der Waals surface area contributed by atoms with Crippen LogP contribution < -0.4 is 14.8 Å². The number of anilines is 1. The molecule has 1 aliphatic rings. The van der Waals surface area contributed by atoms with E-state index in [1.165, 1.54) is 0 Å². The van der Waals surface area contributed by atoms with Crippen molar-refractivity contribution in [3.05, 3.63) is 34.1 Å². The minimum absolute atomic E-state index is 0.692. The van der Waals surface area contributed by atoms with E-state index >= 15 is 0 Å². The van der Waals surface area contributed by atoms with Crippen molar-refractivity contribution in [1.29, 1.82) is 0 Å². The van der Waals surface area contributed by atoms with Gasteiger partial charge in [-0.05, 0) is 35.0 Å². The van der Waals surface area contributed by atoms with E-state index in [1.807, 2.05) is 36.9 Å². The Labute approximate surface area is 132 Å². The molecule has 1 aromatic heterocycles. The highest BCUT2D eigenvalue weighted by Crippen LogP contribution is 2.32. The summed E-state index contributed by atoms with van der Waals surface area (Å²) in [6.45, 7) is 4.09. The second-order valence-corrected chi connectivity index (χ2v) is 5.83. The van der Waals surface area contributed by atoms with E-state index < -0.39 is 0 Å². The zero-order chi connectivity index (χ0) is 14.8. The fourth-order valence-corrected chi connectivity index (χ4v) is 2.81. The number of fused-ring (bicyclic) bond motifs is 1. The lowest BCUT2D eigenvalue weighted by Gasteiger charge is -2.11. The Balaban J connectivity index is 1.75. The average molecular weight is 352 g/mol. The summed E-state index contributed by atoms with van der Waals surface area (Å²) in [4.78, 5) is 0. The van der Waals surface area contributed by atoms with Crippen LogP contribution in [0.25, 0.3) is 0 Å². The van der Waals surface area contributed by atoms with Gasteiger partial charge in [-0.2, -0.15) is 5.10 Å². The van der Waals surface area contributed by atoms with Gasteiger partial charge in [0.05, 0.1) is 35.6 Å². The molecule has 6 heteroatoms. The van der Waals surface area contributed by atoms with Gasteiger partial charge in [-0.3, -0.25) is 4.68 Å². The Morgan fingerprint density at radius 1 is 1.29 bits per heavy atom. The van der Waals surface area contributed by atoms with E-state index in [0.717, 1.165) is 39.5 Å². The van der Waals surface area contributed by atoms with Crippen molar-refractivity contribution in [2.24, 2.45) is 7.05 Å². The van der Waals surface area contributed by atoms with Gasteiger partial charge in [0.25, 0.3) is 0 Å². The number of aromatic nitrogens is 2. The van der Waals surface area contributed by atoms with Gasteiger partial charge in [0.1, 0.15) is 0 Å². The first-order valence-electron chi connectivity index (χ1n) is 6.96. The van der Waals surface area contributed by atoms with E-state index in [-0.39, 0.29) is 0 Å². The predicted molar refractivity (Wildman–Crippen MR) is 85.0 cm³/mol. The zero-order valence-corrected chi connectivity index (χ0v) is 13.7. The van der Waals surface area contributed by atoms with Crippen LogP contribution in [0.2, 0.25) is 0 Å². The molecule has 2 heterocycles. The quantitative estimate of drug-likeness (QED) is 0.921. The van der Waals surface area contributed by atoms with Gasteiger partial charge < -0.3 is 14.8 Å². The SMILES string of the molecule is Cc1nn(C)c(CNc2ccc3c(c2)OCCCO3)c1Br. The third-order valence-corrected chi connectivity index (χ3v) is 4.50. The molecule has 5 nitrogen and oxygen atoms in total. The molecule has 1 aromatic carbocycles. The van der Waals surface area contributed by atoms with Crippen LogP contribution in [0.15, 0.2) is 22.7 Å². The maximum atomic E-state index is 5.70. The van der Waals surface area contributed by atoms with Crippen LogP contribution >= 0.6 is 15.9 Å². The summed E-state index contributed by atoms with van der Waals surface area (Å²) >= 11 is 3.58. The van der Waals surface area contributed by atoms with Crippen molar-refractivity contribution in [2.45, 2.75) is 19.9 Å². The van der Waals surface area contributed by atoms with Crippen LogP contribution in [-0.2, 0) is 13.6 Å². The smallest absolute Gasteiger partial charge is 0.163 e. The molecule has 3 rings (SSSR count). The summed E-state index contributed by atoms with van der Waals surface area (Å²) in [5, 5.41) is 7.79. The molecule has 0 atom stereocenters. The lowest BCUT2D eigenvalue weighted by molar-refractivity contribution is 0.297. The molecule has 0 saturated heterocycles. The minimum atomic E-state index is 0.692. The summed E-state index contributed by atoms with van der Waals surface area (Å²) in [5.41, 5.74) is 3.11. The number of nitrogens with zero attached hydrogens (tertiary/aromatic N) is 2. The van der Waals surface area contributed by atoms with Crippen molar-refractivity contribution in [2.75, 3.05) is 18.5 Å². The maximum Gasteiger partial charge on any atom is 0.163 e. The molecule has 21 heavy (non-hydrogen) atoms. The largest absolute Gasteiger partial charge is 0.490 e. The third kappa shape index (κ3) is 3.00. The van der Waals surface area contributed by atoms with Crippen LogP contribution in [0, 0.1) is 6.92 Å². The summed E-state index contributed by atoms with van der Waals surface area (Å²) in [6.07, 6.45) is 0.915. The number of nitrogens with one attached hydrogen (secondary N) is 1. The summed E-state index contributed by atoms with van der Waals surface area (Å²) in [7, 11) is 1.95. The molecule has 0 fully saturated rings. The molecule has 1 aliphatic heterocycles. The molecule has 0 bridgehead atoms. The molecule has 1 N–H and O–H groups in total. The summed E-state index contributed by atoms with van der Waals surface area (Å²) in [6, 6.07) is 5.94. The predicted octanol–water partition coefficient (Wildman–Crippen LogP) is 3.26. The van der Waals surface area contributed by atoms with Crippen LogP contribution in [-0.4, -0.2) is 23.0 Å². The van der Waals surface area contributed by atoms with Crippen LogP contribution in [0.1, 0.15) is 17.8 Å². The monoisotopic (exact) mass is 351 g/mol. The van der Waals surface area contributed by atoms with Gasteiger partial charge in [-0.15, -0.1) is 0 Å². The molecule has 112 valence electrons. The molecule has 0 amide bonds. The highest BCUT2D eigenvalue weighted by Gasteiger charge is 2.12. The molecule has 0 saturated carbocycles. The first-order chi connectivity index (χ1) is 10.1. The van der Waals surface area contributed by atoms with Gasteiger partial charge >= 0.3 is 0 Å². The van der Waals surface area contributed by atoms with Gasteiger partial charge in [-0.25, -0.2) is 0 Å². The molecule has 0 radical (unpaired) electrons. The zero-order valence-electron chi connectivity index (χ0n) is 12.1. The number of ether oxygens (including phenoxy) is 2. The first-order valence-corrected chi connectivity index (χ1v) is 7.76. The van der Waals surface area contributed by atoms with Gasteiger partial charge in [-0.1, -0.05) is 0 Å². The molecular formula is C15H18BrN3O2.